The first kappa shape index (κ1) is 23.4. The van der Waals surface area contributed by atoms with Crippen molar-refractivity contribution in [2.75, 3.05) is 24.3 Å². The first-order valence-electron chi connectivity index (χ1n) is 12.4. The number of nitrogens with zero attached hydrogens (tertiary/aromatic N) is 5. The van der Waals surface area contributed by atoms with Crippen LogP contribution in [0, 0.1) is 13.8 Å². The van der Waals surface area contributed by atoms with Crippen molar-refractivity contribution in [3.63, 3.8) is 0 Å². The van der Waals surface area contributed by atoms with E-state index in [0.29, 0.717) is 28.0 Å². The molecule has 0 aliphatic carbocycles. The van der Waals surface area contributed by atoms with Gasteiger partial charge in [0.25, 0.3) is 0 Å². The van der Waals surface area contributed by atoms with Gasteiger partial charge in [0.05, 0.1) is 17.2 Å². The summed E-state index contributed by atoms with van der Waals surface area (Å²) in [6.45, 7) is 7.48. The Bertz CT molecular complexity index is 1540. The molecule has 5 heterocycles. The molecular formula is C26H29N5O4S. The predicted molar refractivity (Wildman–Crippen MR) is 139 cm³/mol. The fourth-order valence-corrected chi connectivity index (χ4v) is 5.73. The monoisotopic (exact) mass is 507 g/mol. The van der Waals surface area contributed by atoms with Crippen LogP contribution in [-0.2, 0) is 15.9 Å². The van der Waals surface area contributed by atoms with Crippen molar-refractivity contribution in [1.29, 1.82) is 0 Å². The summed E-state index contributed by atoms with van der Waals surface area (Å²) in [6.07, 6.45) is 7.35. The van der Waals surface area contributed by atoms with Crippen LogP contribution in [0.2, 0.25) is 0 Å². The highest BCUT2D eigenvalue weighted by molar-refractivity contribution is 7.90. The molecule has 2 aliphatic rings. The molecule has 3 aromatic heterocycles. The Balaban J connectivity index is 1.59. The van der Waals surface area contributed by atoms with E-state index in [4.69, 9.17) is 9.15 Å². The smallest absolute Gasteiger partial charge is 0.349 e. The second-order valence-electron chi connectivity index (χ2n) is 9.78. The van der Waals surface area contributed by atoms with Gasteiger partial charge in [-0.2, -0.15) is 15.1 Å². The highest BCUT2D eigenvalue weighted by Gasteiger charge is 2.32. The lowest BCUT2D eigenvalue weighted by atomic mass is 9.97. The van der Waals surface area contributed by atoms with Crippen LogP contribution >= 0.6 is 0 Å². The summed E-state index contributed by atoms with van der Waals surface area (Å²) < 4.78 is 26.4. The Labute approximate surface area is 211 Å². The average Bonchev–Trinajstić information content (AvgIpc) is 3.29. The summed E-state index contributed by atoms with van der Waals surface area (Å²) in [5.41, 5.74) is 3.40. The normalized spacial score (nSPS) is 21.2. The molecule has 4 aromatic rings. The molecule has 2 saturated heterocycles. The summed E-state index contributed by atoms with van der Waals surface area (Å²) in [4.78, 5) is 24.7. The Morgan fingerprint density at radius 1 is 1.17 bits per heavy atom. The third-order valence-electron chi connectivity index (χ3n) is 7.46. The topological polar surface area (TPSA) is 109 Å². The van der Waals surface area contributed by atoms with E-state index in [1.165, 1.54) is 0 Å². The second-order valence-corrected chi connectivity index (χ2v) is 11.1. The van der Waals surface area contributed by atoms with E-state index in [1.807, 2.05) is 36.9 Å². The second kappa shape index (κ2) is 8.86. The van der Waals surface area contributed by atoms with Gasteiger partial charge in [0.15, 0.2) is 12.0 Å². The van der Waals surface area contributed by atoms with E-state index in [0.717, 1.165) is 60.9 Å². The van der Waals surface area contributed by atoms with Crippen molar-refractivity contribution in [3.05, 3.63) is 39.9 Å². The molecule has 6 rings (SSSR count). The van der Waals surface area contributed by atoms with Crippen molar-refractivity contribution < 1.29 is 13.7 Å². The lowest BCUT2D eigenvalue weighted by Gasteiger charge is -2.39. The minimum Gasteiger partial charge on any atom is -0.609 e. The molecule has 2 aliphatic heterocycles. The molecule has 2 fully saturated rings. The van der Waals surface area contributed by atoms with Gasteiger partial charge in [0, 0.05) is 46.9 Å². The summed E-state index contributed by atoms with van der Waals surface area (Å²) in [7, 11) is 0. The van der Waals surface area contributed by atoms with Crippen LogP contribution in [0.4, 0.5) is 5.82 Å². The number of aryl methyl sites for hydroxylation is 2. The number of benzene rings is 1. The Hall–Kier alpha value is -2.95. The molecule has 0 bridgehead atoms. The number of hydrogen-bond donors (Lipinski definition) is 0. The fraction of sp³-hybridized carbons (Fsp3) is 0.462. The number of aromatic nitrogens is 4. The van der Waals surface area contributed by atoms with Gasteiger partial charge >= 0.3 is 10.8 Å². The first-order valence-corrected chi connectivity index (χ1v) is 13.9. The molecule has 2 unspecified atom stereocenters. The maximum absolute atomic E-state index is 13.5. The van der Waals surface area contributed by atoms with Gasteiger partial charge < -0.3 is 18.6 Å². The Kier molecular flexibility index (Phi) is 5.77. The highest BCUT2D eigenvalue weighted by Crippen LogP contribution is 2.39. The van der Waals surface area contributed by atoms with Gasteiger partial charge in [-0.1, -0.05) is 6.07 Å². The molecule has 10 heteroatoms. The maximum Gasteiger partial charge on any atom is 0.349 e. The Morgan fingerprint density at radius 2 is 2.00 bits per heavy atom. The zero-order valence-corrected chi connectivity index (χ0v) is 21.7. The molecule has 1 aromatic carbocycles. The number of hydrogen-bond acceptors (Lipinski definition) is 8. The molecule has 9 nitrogen and oxygen atoms in total. The molecule has 0 N–H and O–H groups in total. The zero-order valence-electron chi connectivity index (χ0n) is 20.9. The van der Waals surface area contributed by atoms with Crippen LogP contribution in [0.25, 0.3) is 33.1 Å². The van der Waals surface area contributed by atoms with Crippen molar-refractivity contribution in [2.45, 2.75) is 63.9 Å². The molecule has 0 radical (unpaired) electrons. The summed E-state index contributed by atoms with van der Waals surface area (Å²) in [6, 6.07) is 4.30. The van der Waals surface area contributed by atoms with Crippen molar-refractivity contribution in [2.24, 2.45) is 0 Å². The van der Waals surface area contributed by atoms with Gasteiger partial charge in [0.2, 0.25) is 0 Å². The average molecular weight is 508 g/mol. The molecule has 0 amide bonds. The fourth-order valence-electron chi connectivity index (χ4n) is 5.30. The van der Waals surface area contributed by atoms with Crippen molar-refractivity contribution in [3.8, 4) is 11.3 Å². The van der Waals surface area contributed by atoms with E-state index in [1.54, 1.807) is 6.26 Å². The van der Waals surface area contributed by atoms with Crippen LogP contribution in [0.5, 0.6) is 0 Å². The van der Waals surface area contributed by atoms with E-state index >= 15 is 0 Å². The number of rotatable bonds is 4. The minimum atomic E-state index is -1.40. The van der Waals surface area contributed by atoms with E-state index < -0.39 is 16.8 Å². The zero-order chi connectivity index (χ0) is 25.1. The third kappa shape index (κ3) is 3.62. The SMILES string of the molecule is Cc1ccc2c(cnn2C2CCCCO2)c1-c1oc(=O)c2c(N3CC[C@H]3C)nc([S+](C)[O-])nc2c1C. The summed E-state index contributed by atoms with van der Waals surface area (Å²) in [5.74, 6) is 0.957. The summed E-state index contributed by atoms with van der Waals surface area (Å²) >= 11 is -1.40. The Morgan fingerprint density at radius 3 is 2.67 bits per heavy atom. The number of ether oxygens (including phenoxy) is 1. The molecule has 3 atom stereocenters. The number of fused-ring (bicyclic) bond motifs is 2. The largest absolute Gasteiger partial charge is 0.609 e. The predicted octanol–water partition coefficient (Wildman–Crippen LogP) is 4.25. The van der Waals surface area contributed by atoms with Gasteiger partial charge in [-0.15, -0.1) is 0 Å². The first-order chi connectivity index (χ1) is 17.3. The van der Waals surface area contributed by atoms with Crippen molar-refractivity contribution in [1.82, 2.24) is 19.7 Å². The van der Waals surface area contributed by atoms with Gasteiger partial charge in [-0.25, -0.2) is 9.48 Å². The minimum absolute atomic E-state index is 0.104. The standard InChI is InChI=1S/C26H29N5O4S/c1-14-8-9-18-17(13-27-31(18)19-7-5-6-12-34-19)20(14)23-16(3)22-21(25(32)35-23)24(30-11-10-15(30)2)29-26(28-22)36(4)33/h8-9,13,15,19H,5-7,10-12H2,1-4H3/t15-,19?,36?/m1/s1. The molecule has 0 spiro atoms. The quantitative estimate of drug-likeness (QED) is 0.298. The van der Waals surface area contributed by atoms with Crippen LogP contribution in [-0.4, -0.2) is 49.8 Å². The van der Waals surface area contributed by atoms with Gasteiger partial charge in [0.1, 0.15) is 17.4 Å². The maximum atomic E-state index is 13.5. The van der Waals surface area contributed by atoms with Crippen molar-refractivity contribution >= 4 is 38.8 Å². The van der Waals surface area contributed by atoms with Crippen LogP contribution in [0.15, 0.2) is 32.7 Å². The molecular weight excluding hydrogens is 478 g/mol. The lowest BCUT2D eigenvalue weighted by Crippen LogP contribution is -2.46. The number of anilines is 1. The van der Waals surface area contributed by atoms with Gasteiger partial charge in [-0.05, 0) is 58.1 Å². The van der Waals surface area contributed by atoms with E-state index in [9.17, 15) is 9.35 Å². The van der Waals surface area contributed by atoms with E-state index in [-0.39, 0.29) is 17.4 Å². The molecule has 188 valence electrons. The van der Waals surface area contributed by atoms with Gasteiger partial charge in [-0.3, -0.25) is 0 Å². The summed E-state index contributed by atoms with van der Waals surface area (Å²) in [5, 5.41) is 6.11. The molecule has 36 heavy (non-hydrogen) atoms. The lowest BCUT2D eigenvalue weighted by molar-refractivity contribution is -0.0366. The van der Waals surface area contributed by atoms with Crippen LogP contribution in [0.1, 0.15) is 50.0 Å². The highest BCUT2D eigenvalue weighted by atomic mass is 32.2. The molecule has 0 saturated carbocycles. The third-order valence-corrected chi connectivity index (χ3v) is 8.15. The van der Waals surface area contributed by atoms with E-state index in [2.05, 4.69) is 26.9 Å². The van der Waals surface area contributed by atoms with Crippen LogP contribution in [0.3, 0.4) is 0 Å². The van der Waals surface area contributed by atoms with Crippen LogP contribution < -0.4 is 10.5 Å².